The van der Waals surface area contributed by atoms with Gasteiger partial charge in [-0.05, 0) is 69.0 Å². The lowest BCUT2D eigenvalue weighted by molar-refractivity contribution is 0.200. The SMILES string of the molecule is COc1cccc(C=Cc2oc3ccc(F)cc3c(=O)c2C)c1OC1CCCC1. The van der Waals surface area contributed by atoms with Crippen LogP contribution in [-0.2, 0) is 0 Å². The van der Waals surface area contributed by atoms with Crippen molar-refractivity contribution in [2.75, 3.05) is 7.11 Å². The molecule has 1 aromatic heterocycles. The summed E-state index contributed by atoms with van der Waals surface area (Å²) in [5.41, 5.74) is 1.39. The summed E-state index contributed by atoms with van der Waals surface area (Å²) in [5, 5.41) is 0.242. The zero-order valence-electron chi connectivity index (χ0n) is 16.5. The molecular formula is C24H23FO4. The van der Waals surface area contributed by atoms with Crippen molar-refractivity contribution < 1.29 is 18.3 Å². The highest BCUT2D eigenvalue weighted by molar-refractivity contribution is 5.80. The van der Waals surface area contributed by atoms with Crippen molar-refractivity contribution in [1.29, 1.82) is 0 Å². The topological polar surface area (TPSA) is 48.7 Å². The van der Waals surface area contributed by atoms with E-state index in [0.717, 1.165) is 18.4 Å². The number of para-hydroxylation sites is 1. The van der Waals surface area contributed by atoms with E-state index in [1.165, 1.54) is 31.0 Å². The van der Waals surface area contributed by atoms with Crippen LogP contribution in [0.1, 0.15) is 42.6 Å². The average Bonchev–Trinajstić information content (AvgIpc) is 3.24. The highest BCUT2D eigenvalue weighted by Crippen LogP contribution is 2.36. The Kier molecular flexibility index (Phi) is 5.38. The Hall–Kier alpha value is -3.08. The van der Waals surface area contributed by atoms with Crippen LogP contribution in [0, 0.1) is 12.7 Å². The highest BCUT2D eigenvalue weighted by atomic mass is 19.1. The Morgan fingerprint density at radius 2 is 1.93 bits per heavy atom. The first-order chi connectivity index (χ1) is 14.1. The normalized spacial score (nSPS) is 14.7. The van der Waals surface area contributed by atoms with Gasteiger partial charge in [0.25, 0.3) is 0 Å². The number of ether oxygens (including phenoxy) is 2. The van der Waals surface area contributed by atoms with Crippen molar-refractivity contribution in [1.82, 2.24) is 0 Å². The third-order valence-electron chi connectivity index (χ3n) is 5.35. The molecular weight excluding hydrogens is 371 g/mol. The first-order valence-electron chi connectivity index (χ1n) is 9.81. The minimum atomic E-state index is -0.461. The van der Waals surface area contributed by atoms with Crippen LogP contribution in [0.5, 0.6) is 11.5 Å². The van der Waals surface area contributed by atoms with E-state index < -0.39 is 5.82 Å². The third kappa shape index (κ3) is 3.90. The molecule has 150 valence electrons. The summed E-state index contributed by atoms with van der Waals surface area (Å²) >= 11 is 0. The minimum absolute atomic E-state index is 0.189. The lowest BCUT2D eigenvalue weighted by atomic mass is 10.1. The second kappa shape index (κ2) is 8.11. The number of fused-ring (bicyclic) bond motifs is 1. The maximum atomic E-state index is 13.5. The molecule has 1 aliphatic rings. The van der Waals surface area contributed by atoms with Gasteiger partial charge in [-0.25, -0.2) is 4.39 Å². The zero-order chi connectivity index (χ0) is 20.4. The predicted octanol–water partition coefficient (Wildman–Crippen LogP) is 5.74. The van der Waals surface area contributed by atoms with Crippen LogP contribution in [-0.4, -0.2) is 13.2 Å². The number of benzene rings is 2. The minimum Gasteiger partial charge on any atom is -0.493 e. The van der Waals surface area contributed by atoms with Gasteiger partial charge in [0, 0.05) is 11.1 Å². The van der Waals surface area contributed by atoms with Gasteiger partial charge in [0.2, 0.25) is 0 Å². The van der Waals surface area contributed by atoms with Crippen LogP contribution in [0.15, 0.2) is 45.6 Å². The summed E-state index contributed by atoms with van der Waals surface area (Å²) in [6.45, 7) is 1.68. The predicted molar refractivity (Wildman–Crippen MR) is 112 cm³/mol. The zero-order valence-corrected chi connectivity index (χ0v) is 16.5. The summed E-state index contributed by atoms with van der Waals surface area (Å²) < 4.78 is 31.1. The number of rotatable bonds is 5. The largest absolute Gasteiger partial charge is 0.493 e. The van der Waals surface area contributed by atoms with Gasteiger partial charge in [0.15, 0.2) is 16.9 Å². The van der Waals surface area contributed by atoms with Crippen molar-refractivity contribution in [3.8, 4) is 11.5 Å². The molecule has 29 heavy (non-hydrogen) atoms. The molecule has 2 aromatic carbocycles. The highest BCUT2D eigenvalue weighted by Gasteiger charge is 2.20. The fourth-order valence-corrected chi connectivity index (χ4v) is 3.73. The second-order valence-electron chi connectivity index (χ2n) is 7.30. The summed E-state index contributed by atoms with van der Waals surface area (Å²) in [5.74, 6) is 1.34. The summed E-state index contributed by atoms with van der Waals surface area (Å²) in [7, 11) is 1.62. The summed E-state index contributed by atoms with van der Waals surface area (Å²) in [6.07, 6.45) is 8.21. The van der Waals surface area contributed by atoms with Crippen molar-refractivity contribution >= 4 is 23.1 Å². The van der Waals surface area contributed by atoms with Gasteiger partial charge < -0.3 is 13.9 Å². The molecule has 0 atom stereocenters. The Labute approximate surface area is 168 Å². The van der Waals surface area contributed by atoms with Crippen LogP contribution in [0.25, 0.3) is 23.1 Å². The molecule has 1 aliphatic carbocycles. The molecule has 5 heteroatoms. The van der Waals surface area contributed by atoms with Gasteiger partial charge in [0.05, 0.1) is 18.6 Å². The van der Waals surface area contributed by atoms with Crippen LogP contribution in [0.4, 0.5) is 4.39 Å². The Balaban J connectivity index is 1.73. The maximum Gasteiger partial charge on any atom is 0.196 e. The van der Waals surface area contributed by atoms with Gasteiger partial charge in [-0.2, -0.15) is 0 Å². The number of halogens is 1. The number of hydrogen-bond acceptors (Lipinski definition) is 4. The lowest BCUT2D eigenvalue weighted by Gasteiger charge is -2.18. The van der Waals surface area contributed by atoms with Crippen molar-refractivity contribution in [3.63, 3.8) is 0 Å². The lowest BCUT2D eigenvalue weighted by Crippen LogP contribution is -2.12. The van der Waals surface area contributed by atoms with Gasteiger partial charge in [-0.1, -0.05) is 12.1 Å². The monoisotopic (exact) mass is 394 g/mol. The van der Waals surface area contributed by atoms with Crippen molar-refractivity contribution in [2.24, 2.45) is 0 Å². The van der Waals surface area contributed by atoms with Gasteiger partial charge in [0.1, 0.15) is 17.2 Å². The van der Waals surface area contributed by atoms with Crippen LogP contribution < -0.4 is 14.9 Å². The number of methoxy groups -OCH3 is 1. The molecule has 0 spiro atoms. The first kappa shape index (κ1) is 19.2. The van der Waals surface area contributed by atoms with E-state index >= 15 is 0 Å². The van der Waals surface area contributed by atoms with Crippen LogP contribution in [0.2, 0.25) is 0 Å². The molecule has 3 aromatic rings. The van der Waals surface area contributed by atoms with E-state index in [4.69, 9.17) is 13.9 Å². The maximum absolute atomic E-state index is 13.5. The van der Waals surface area contributed by atoms with E-state index in [1.807, 2.05) is 24.3 Å². The third-order valence-corrected chi connectivity index (χ3v) is 5.35. The van der Waals surface area contributed by atoms with E-state index in [-0.39, 0.29) is 16.9 Å². The Morgan fingerprint density at radius 1 is 1.14 bits per heavy atom. The molecule has 0 unspecified atom stereocenters. The average molecular weight is 394 g/mol. The van der Waals surface area contributed by atoms with Gasteiger partial charge in [-0.3, -0.25) is 4.79 Å². The standard InChI is InChI=1S/C24H23FO4/c1-15-20(29-21-13-11-17(25)14-19(21)23(15)26)12-10-16-6-5-9-22(27-2)24(16)28-18-7-3-4-8-18/h5-6,9-14,18H,3-4,7-8H2,1-2H3. The number of hydrogen-bond donors (Lipinski definition) is 0. The second-order valence-corrected chi connectivity index (χ2v) is 7.30. The van der Waals surface area contributed by atoms with Crippen molar-refractivity contribution in [3.05, 3.63) is 69.3 Å². The molecule has 1 heterocycles. The molecule has 0 radical (unpaired) electrons. The molecule has 0 aliphatic heterocycles. The fourth-order valence-electron chi connectivity index (χ4n) is 3.73. The van der Waals surface area contributed by atoms with E-state index in [9.17, 15) is 9.18 Å². The molecule has 0 saturated heterocycles. The molecule has 1 fully saturated rings. The van der Waals surface area contributed by atoms with E-state index in [2.05, 4.69) is 0 Å². The molecule has 4 rings (SSSR count). The first-order valence-corrected chi connectivity index (χ1v) is 9.81. The molecule has 0 N–H and O–H groups in total. The van der Waals surface area contributed by atoms with Crippen molar-refractivity contribution in [2.45, 2.75) is 38.7 Å². The van der Waals surface area contributed by atoms with Crippen LogP contribution >= 0.6 is 0 Å². The van der Waals surface area contributed by atoms with E-state index in [1.54, 1.807) is 20.1 Å². The van der Waals surface area contributed by atoms with Gasteiger partial charge in [-0.15, -0.1) is 0 Å². The summed E-state index contributed by atoms with van der Waals surface area (Å²) in [4.78, 5) is 12.6. The molecule has 1 saturated carbocycles. The van der Waals surface area contributed by atoms with Crippen LogP contribution in [0.3, 0.4) is 0 Å². The summed E-state index contributed by atoms with van der Waals surface area (Å²) in [6, 6.07) is 9.67. The molecule has 0 amide bonds. The fraction of sp³-hybridized carbons (Fsp3) is 0.292. The molecule has 4 nitrogen and oxygen atoms in total. The molecule has 0 bridgehead atoms. The Morgan fingerprint density at radius 3 is 2.69 bits per heavy atom. The quantitative estimate of drug-likeness (QED) is 0.554. The van der Waals surface area contributed by atoms with E-state index in [0.29, 0.717) is 28.4 Å². The smallest absolute Gasteiger partial charge is 0.196 e. The Bertz CT molecular complexity index is 1120. The van der Waals surface area contributed by atoms with Gasteiger partial charge >= 0.3 is 0 Å².